The Labute approximate surface area is 114 Å². The molecule has 0 saturated heterocycles. The number of hydrogen-bond acceptors (Lipinski definition) is 5. The minimum atomic E-state index is -4.17. The molecule has 1 unspecified atom stereocenters. The number of rotatable bonds is 5. The van der Waals surface area contributed by atoms with Gasteiger partial charge in [-0.2, -0.15) is 0 Å². The van der Waals surface area contributed by atoms with Crippen molar-refractivity contribution in [1.82, 2.24) is 4.72 Å². The molecule has 0 bridgehead atoms. The van der Waals surface area contributed by atoms with Gasteiger partial charge in [0.2, 0.25) is 10.0 Å². The van der Waals surface area contributed by atoms with E-state index in [9.17, 15) is 23.3 Å². The zero-order valence-corrected chi connectivity index (χ0v) is 11.7. The summed E-state index contributed by atoms with van der Waals surface area (Å²) in [5.41, 5.74) is -0.643. The molecule has 0 amide bonds. The number of nitro groups is 1. The van der Waals surface area contributed by atoms with Crippen LogP contribution in [0.5, 0.6) is 0 Å². The van der Waals surface area contributed by atoms with E-state index in [0.29, 0.717) is 0 Å². The molecule has 7 nitrogen and oxygen atoms in total. The molecule has 1 aromatic rings. The zero-order valence-electron chi connectivity index (χ0n) is 10.1. The van der Waals surface area contributed by atoms with E-state index in [2.05, 4.69) is 4.72 Å². The maximum Gasteiger partial charge on any atom is 0.290 e. The van der Waals surface area contributed by atoms with Crippen LogP contribution in [0.3, 0.4) is 0 Å². The Bertz CT molecular complexity index is 629. The number of nitrogens with one attached hydrogen (secondary N) is 1. The third-order valence-electron chi connectivity index (χ3n) is 2.35. The van der Waals surface area contributed by atoms with Gasteiger partial charge >= 0.3 is 0 Å². The van der Waals surface area contributed by atoms with Crippen LogP contribution in [0.1, 0.15) is 13.8 Å². The molecule has 1 rings (SSSR count). The smallest absolute Gasteiger partial charge is 0.290 e. The molecule has 9 heteroatoms. The monoisotopic (exact) mass is 306 g/mol. The topological polar surface area (TPSA) is 106 Å². The van der Waals surface area contributed by atoms with Crippen molar-refractivity contribution in [2.75, 3.05) is 0 Å². The van der Waals surface area contributed by atoms with Crippen LogP contribution in [0.15, 0.2) is 23.1 Å². The lowest BCUT2D eigenvalue weighted by atomic mass is 10.3. The minimum absolute atomic E-state index is 0.0465. The number of hydrogen-bond donors (Lipinski definition) is 1. The van der Waals surface area contributed by atoms with Gasteiger partial charge in [0.25, 0.3) is 5.69 Å². The molecule has 1 aromatic carbocycles. The summed E-state index contributed by atoms with van der Waals surface area (Å²) in [7, 11) is -4.17. The standard InChI is InChI=1S/C10H11ClN2O5S/c1-6(7(2)14)12-19(17,18)10-4-3-8(11)5-9(10)13(15)16/h3-6,12H,1-2H3. The van der Waals surface area contributed by atoms with Crippen molar-refractivity contribution in [3.63, 3.8) is 0 Å². The average molecular weight is 307 g/mol. The molecular formula is C10H11ClN2O5S. The summed E-state index contributed by atoms with van der Waals surface area (Å²) in [5, 5.41) is 10.9. The van der Waals surface area contributed by atoms with Gasteiger partial charge in [0.05, 0.1) is 11.0 Å². The van der Waals surface area contributed by atoms with Crippen LogP contribution < -0.4 is 4.72 Å². The fourth-order valence-electron chi connectivity index (χ4n) is 1.24. The molecule has 1 N–H and O–H groups in total. The summed E-state index contributed by atoms with van der Waals surface area (Å²) in [6.07, 6.45) is 0. The van der Waals surface area contributed by atoms with Gasteiger partial charge in [0, 0.05) is 11.1 Å². The number of nitro benzene ring substituents is 1. The number of ketones is 1. The molecule has 0 radical (unpaired) electrons. The molecule has 1 atom stereocenters. The van der Waals surface area contributed by atoms with Gasteiger partial charge in [0.1, 0.15) is 5.78 Å². The van der Waals surface area contributed by atoms with E-state index < -0.39 is 37.4 Å². The van der Waals surface area contributed by atoms with E-state index in [1.807, 2.05) is 0 Å². The van der Waals surface area contributed by atoms with Crippen LogP contribution in [-0.4, -0.2) is 25.2 Å². The second kappa shape index (κ2) is 5.64. The molecule has 0 saturated carbocycles. The Hall–Kier alpha value is -1.51. The lowest BCUT2D eigenvalue weighted by Crippen LogP contribution is -2.37. The van der Waals surface area contributed by atoms with Crippen LogP contribution in [0, 0.1) is 10.1 Å². The Morgan fingerprint density at radius 1 is 1.47 bits per heavy atom. The van der Waals surface area contributed by atoms with E-state index in [1.54, 1.807) is 0 Å². The molecular weight excluding hydrogens is 296 g/mol. The lowest BCUT2D eigenvalue weighted by molar-refractivity contribution is -0.387. The first-order chi connectivity index (χ1) is 8.65. The Morgan fingerprint density at radius 2 is 2.05 bits per heavy atom. The quantitative estimate of drug-likeness (QED) is 0.655. The first-order valence-electron chi connectivity index (χ1n) is 5.12. The summed E-state index contributed by atoms with van der Waals surface area (Å²) < 4.78 is 26.0. The number of halogens is 1. The van der Waals surface area contributed by atoms with Crippen molar-refractivity contribution in [2.45, 2.75) is 24.8 Å². The fourth-order valence-corrected chi connectivity index (χ4v) is 2.82. The summed E-state index contributed by atoms with van der Waals surface area (Å²) in [6.45, 7) is 2.56. The summed E-state index contributed by atoms with van der Waals surface area (Å²) in [4.78, 5) is 20.5. The molecule has 0 fully saturated rings. The highest BCUT2D eigenvalue weighted by atomic mass is 35.5. The highest BCUT2D eigenvalue weighted by molar-refractivity contribution is 7.89. The molecule has 19 heavy (non-hydrogen) atoms. The van der Waals surface area contributed by atoms with Gasteiger partial charge in [-0.15, -0.1) is 0 Å². The predicted molar refractivity (Wildman–Crippen MR) is 68.6 cm³/mol. The van der Waals surface area contributed by atoms with Crippen molar-refractivity contribution in [3.05, 3.63) is 33.3 Å². The first kappa shape index (κ1) is 15.5. The minimum Gasteiger partial charge on any atom is -0.298 e. The number of sulfonamides is 1. The zero-order chi connectivity index (χ0) is 14.8. The molecule has 0 aromatic heterocycles. The number of nitrogens with zero attached hydrogens (tertiary/aromatic N) is 1. The molecule has 0 aliphatic carbocycles. The second-order valence-electron chi connectivity index (χ2n) is 3.82. The summed E-state index contributed by atoms with van der Waals surface area (Å²) in [6, 6.07) is 2.21. The Balaban J connectivity index is 3.29. The third kappa shape index (κ3) is 3.72. The summed E-state index contributed by atoms with van der Waals surface area (Å²) >= 11 is 5.59. The second-order valence-corrected chi connectivity index (χ2v) is 5.94. The van der Waals surface area contributed by atoms with E-state index >= 15 is 0 Å². The maximum atomic E-state index is 12.0. The van der Waals surface area contributed by atoms with E-state index in [0.717, 1.165) is 12.1 Å². The highest BCUT2D eigenvalue weighted by Gasteiger charge is 2.28. The van der Waals surface area contributed by atoms with E-state index in [-0.39, 0.29) is 5.02 Å². The molecule has 0 aliphatic heterocycles. The largest absolute Gasteiger partial charge is 0.298 e. The van der Waals surface area contributed by atoms with Crippen LogP contribution >= 0.6 is 11.6 Å². The Kier molecular flexibility index (Phi) is 4.61. The molecule has 104 valence electrons. The van der Waals surface area contributed by atoms with E-state index in [4.69, 9.17) is 11.6 Å². The third-order valence-corrected chi connectivity index (χ3v) is 4.17. The van der Waals surface area contributed by atoms with Gasteiger partial charge in [0.15, 0.2) is 4.90 Å². The van der Waals surface area contributed by atoms with Gasteiger partial charge in [-0.3, -0.25) is 14.9 Å². The van der Waals surface area contributed by atoms with Gasteiger partial charge in [-0.25, -0.2) is 13.1 Å². The van der Waals surface area contributed by atoms with Crippen molar-refractivity contribution in [1.29, 1.82) is 0 Å². The predicted octanol–water partition coefficient (Wildman–Crippen LogP) is 1.50. The molecule has 0 heterocycles. The van der Waals surface area contributed by atoms with Crippen molar-refractivity contribution in [2.24, 2.45) is 0 Å². The first-order valence-corrected chi connectivity index (χ1v) is 6.98. The highest BCUT2D eigenvalue weighted by Crippen LogP contribution is 2.27. The van der Waals surface area contributed by atoms with Gasteiger partial charge < -0.3 is 0 Å². The average Bonchev–Trinajstić information content (AvgIpc) is 2.27. The van der Waals surface area contributed by atoms with Crippen molar-refractivity contribution < 1.29 is 18.1 Å². The Morgan fingerprint density at radius 3 is 2.53 bits per heavy atom. The number of carbonyl (C=O) groups excluding carboxylic acids is 1. The number of benzene rings is 1. The van der Waals surface area contributed by atoms with Gasteiger partial charge in [-0.05, 0) is 26.0 Å². The van der Waals surface area contributed by atoms with Gasteiger partial charge in [-0.1, -0.05) is 11.6 Å². The number of Topliss-reactive ketones (excluding diaryl/α,β-unsaturated/α-hetero) is 1. The molecule has 0 spiro atoms. The van der Waals surface area contributed by atoms with Crippen LogP contribution in [0.2, 0.25) is 5.02 Å². The number of carbonyl (C=O) groups is 1. The van der Waals surface area contributed by atoms with E-state index in [1.165, 1.54) is 19.9 Å². The molecule has 0 aliphatic rings. The SMILES string of the molecule is CC(=O)C(C)NS(=O)(=O)c1ccc(Cl)cc1[N+](=O)[O-]. The van der Waals surface area contributed by atoms with Crippen LogP contribution in [0.25, 0.3) is 0 Å². The van der Waals surface area contributed by atoms with Crippen molar-refractivity contribution >= 4 is 33.1 Å². The lowest BCUT2D eigenvalue weighted by Gasteiger charge is -2.11. The van der Waals surface area contributed by atoms with Crippen LogP contribution in [0.4, 0.5) is 5.69 Å². The fraction of sp³-hybridized carbons (Fsp3) is 0.300. The summed E-state index contributed by atoms with van der Waals surface area (Å²) in [5.74, 6) is -0.403. The van der Waals surface area contributed by atoms with Crippen molar-refractivity contribution in [3.8, 4) is 0 Å². The normalized spacial score (nSPS) is 13.0. The van der Waals surface area contributed by atoms with Crippen LogP contribution in [-0.2, 0) is 14.8 Å². The maximum absolute atomic E-state index is 12.0.